The molecule has 0 aromatic heterocycles. The number of nitrogens with one attached hydrogen (secondary N) is 1. The number of anilines is 1. The second-order valence-electron chi connectivity index (χ2n) is 4.87. The van der Waals surface area contributed by atoms with E-state index >= 15 is 0 Å². The minimum atomic E-state index is -0.879. The van der Waals surface area contributed by atoms with Crippen LogP contribution in [-0.2, 0) is 9.53 Å². The molecule has 1 aromatic rings. The maximum Gasteiger partial charge on any atom is 0.262 e. The zero-order valence-corrected chi connectivity index (χ0v) is 11.9. The largest absolute Gasteiger partial charge is 0.394 e. The fourth-order valence-electron chi connectivity index (χ4n) is 1.95. The molecule has 1 saturated heterocycles. The van der Waals surface area contributed by atoms with Crippen LogP contribution in [0.25, 0.3) is 0 Å². The summed E-state index contributed by atoms with van der Waals surface area (Å²) in [5.41, 5.74) is 3.77. The monoisotopic (exact) mass is 302 g/mol. The smallest absolute Gasteiger partial charge is 0.262 e. The molecule has 1 unspecified atom stereocenters. The molecule has 1 aromatic carbocycles. The fraction of sp³-hybridized carbons (Fsp3) is 0.462. The third kappa shape index (κ3) is 3.21. The van der Waals surface area contributed by atoms with Gasteiger partial charge in [-0.15, -0.1) is 0 Å². The molecule has 0 saturated carbocycles. The van der Waals surface area contributed by atoms with E-state index in [1.165, 1.54) is 0 Å². The minimum Gasteiger partial charge on any atom is -0.394 e. The van der Waals surface area contributed by atoms with E-state index in [4.69, 9.17) is 10.5 Å². The molecule has 1 fully saturated rings. The molecule has 2 rings (SSSR count). The van der Waals surface area contributed by atoms with Crippen LogP contribution in [0.1, 0.15) is 26.2 Å². The number of nitrogens with two attached hydrogens (primary N) is 1. The molecular weight excluding hydrogens is 286 g/mol. The minimum absolute atomic E-state index is 0.238. The van der Waals surface area contributed by atoms with Gasteiger partial charge in [0.1, 0.15) is 22.9 Å². The van der Waals surface area contributed by atoms with Crippen molar-refractivity contribution >= 4 is 23.5 Å². The van der Waals surface area contributed by atoms with E-state index in [9.17, 15) is 13.6 Å². The first-order chi connectivity index (χ1) is 9.42. The molecule has 4 nitrogen and oxygen atoms in total. The molecule has 0 spiro atoms. The standard InChI is InChI=1S/C13H16F2N2O2S/c1-13(4-2-3-5-19-13)12(18)17-20-8-6-9(14)11(16)10(15)7-8/h6-7H,2-5,16H2,1H3,(H,17,18). The lowest BCUT2D eigenvalue weighted by atomic mass is 9.95. The van der Waals surface area contributed by atoms with Crippen LogP contribution in [0, 0.1) is 11.6 Å². The number of benzene rings is 1. The Kier molecular flexibility index (Phi) is 4.49. The molecule has 110 valence electrons. The van der Waals surface area contributed by atoms with Gasteiger partial charge in [0.25, 0.3) is 5.91 Å². The van der Waals surface area contributed by atoms with Crippen molar-refractivity contribution in [3.63, 3.8) is 0 Å². The van der Waals surface area contributed by atoms with Crippen molar-refractivity contribution in [1.82, 2.24) is 4.72 Å². The van der Waals surface area contributed by atoms with E-state index < -0.39 is 22.9 Å². The van der Waals surface area contributed by atoms with Gasteiger partial charge in [0.15, 0.2) is 0 Å². The molecule has 1 amide bonds. The van der Waals surface area contributed by atoms with E-state index in [1.54, 1.807) is 6.92 Å². The lowest BCUT2D eigenvalue weighted by Gasteiger charge is -2.31. The summed E-state index contributed by atoms with van der Waals surface area (Å²) >= 11 is 0.843. The maximum absolute atomic E-state index is 13.3. The lowest BCUT2D eigenvalue weighted by Crippen LogP contribution is -2.46. The average molecular weight is 302 g/mol. The Morgan fingerprint density at radius 2 is 2.05 bits per heavy atom. The summed E-state index contributed by atoms with van der Waals surface area (Å²) in [4.78, 5) is 12.3. The zero-order valence-electron chi connectivity index (χ0n) is 11.0. The van der Waals surface area contributed by atoms with Crippen LogP contribution in [0.15, 0.2) is 17.0 Å². The molecule has 3 N–H and O–H groups in total. The molecule has 0 aliphatic carbocycles. The number of amides is 1. The number of hydrogen-bond donors (Lipinski definition) is 2. The van der Waals surface area contributed by atoms with Gasteiger partial charge >= 0.3 is 0 Å². The normalized spacial score (nSPS) is 22.6. The summed E-state index contributed by atoms with van der Waals surface area (Å²) in [7, 11) is 0. The van der Waals surface area contributed by atoms with Crippen molar-refractivity contribution in [2.45, 2.75) is 36.7 Å². The van der Waals surface area contributed by atoms with Crippen molar-refractivity contribution in [1.29, 1.82) is 0 Å². The first kappa shape index (κ1) is 15.1. The first-order valence-corrected chi connectivity index (χ1v) is 7.10. The van der Waals surface area contributed by atoms with Gasteiger partial charge in [0, 0.05) is 11.5 Å². The van der Waals surface area contributed by atoms with E-state index in [-0.39, 0.29) is 10.8 Å². The van der Waals surface area contributed by atoms with Gasteiger partial charge in [-0.3, -0.25) is 9.52 Å². The molecule has 1 aliphatic heterocycles. The predicted octanol–water partition coefficient (Wildman–Crippen LogP) is 2.63. The molecule has 1 aliphatic rings. The number of halogens is 2. The SMILES string of the molecule is CC1(C(=O)NSc2cc(F)c(N)c(F)c2)CCCCO1. The summed E-state index contributed by atoms with van der Waals surface area (Å²) in [6, 6.07) is 2.15. The number of hydrogen-bond acceptors (Lipinski definition) is 4. The Bertz CT molecular complexity index is 496. The molecule has 7 heteroatoms. The summed E-state index contributed by atoms with van der Waals surface area (Å²) in [5, 5.41) is 0. The highest BCUT2D eigenvalue weighted by molar-refractivity contribution is 7.98. The first-order valence-electron chi connectivity index (χ1n) is 6.28. The summed E-state index contributed by atoms with van der Waals surface area (Å²) < 4.78 is 34.6. The lowest BCUT2D eigenvalue weighted by molar-refractivity contribution is -0.148. The van der Waals surface area contributed by atoms with Gasteiger partial charge in [-0.05, 0) is 50.3 Å². The van der Waals surface area contributed by atoms with E-state index in [0.29, 0.717) is 13.0 Å². The molecule has 0 radical (unpaired) electrons. The highest BCUT2D eigenvalue weighted by atomic mass is 32.2. The molecule has 1 heterocycles. The summed E-state index contributed by atoms with van der Waals surface area (Å²) in [6.07, 6.45) is 2.48. The third-order valence-corrected chi connectivity index (χ3v) is 4.02. The van der Waals surface area contributed by atoms with Crippen molar-refractivity contribution in [3.05, 3.63) is 23.8 Å². The van der Waals surface area contributed by atoms with Gasteiger partial charge < -0.3 is 10.5 Å². The van der Waals surface area contributed by atoms with Crippen LogP contribution < -0.4 is 10.5 Å². The van der Waals surface area contributed by atoms with Gasteiger partial charge in [-0.2, -0.15) is 0 Å². The zero-order chi connectivity index (χ0) is 14.8. The van der Waals surface area contributed by atoms with E-state index in [0.717, 1.165) is 36.9 Å². The molecule has 20 heavy (non-hydrogen) atoms. The fourth-order valence-corrected chi connectivity index (χ4v) is 2.70. The number of carbonyl (C=O) groups excluding carboxylic acids is 1. The van der Waals surface area contributed by atoms with Crippen molar-refractivity contribution in [2.75, 3.05) is 12.3 Å². The summed E-state index contributed by atoms with van der Waals surface area (Å²) in [6.45, 7) is 2.26. The molecular formula is C13H16F2N2O2S. The van der Waals surface area contributed by atoms with Gasteiger partial charge in [0.2, 0.25) is 0 Å². The molecule has 0 bridgehead atoms. The number of nitrogen functional groups attached to an aromatic ring is 1. The highest BCUT2D eigenvalue weighted by Crippen LogP contribution is 2.27. The predicted molar refractivity (Wildman–Crippen MR) is 73.0 cm³/mol. The van der Waals surface area contributed by atoms with Crippen molar-refractivity contribution in [2.24, 2.45) is 0 Å². The van der Waals surface area contributed by atoms with Crippen LogP contribution in [-0.4, -0.2) is 18.1 Å². The Balaban J connectivity index is 2.00. The second-order valence-corrected chi connectivity index (χ2v) is 5.75. The van der Waals surface area contributed by atoms with E-state index in [1.807, 2.05) is 0 Å². The van der Waals surface area contributed by atoms with Crippen LogP contribution in [0.3, 0.4) is 0 Å². The van der Waals surface area contributed by atoms with Gasteiger partial charge in [0.05, 0.1) is 0 Å². The molecule has 1 atom stereocenters. The Morgan fingerprint density at radius 3 is 2.60 bits per heavy atom. The van der Waals surface area contributed by atoms with Crippen molar-refractivity contribution in [3.8, 4) is 0 Å². The second kappa shape index (κ2) is 5.97. The Labute approximate surface area is 120 Å². The Hall–Kier alpha value is -1.34. The highest BCUT2D eigenvalue weighted by Gasteiger charge is 2.36. The maximum atomic E-state index is 13.3. The number of ether oxygens (including phenoxy) is 1. The van der Waals surface area contributed by atoms with E-state index in [2.05, 4.69) is 4.72 Å². The van der Waals surface area contributed by atoms with Crippen LogP contribution in [0.2, 0.25) is 0 Å². The quantitative estimate of drug-likeness (QED) is 0.665. The average Bonchev–Trinajstić information content (AvgIpc) is 2.42. The number of rotatable bonds is 3. The summed E-state index contributed by atoms with van der Waals surface area (Å²) in [5.74, 6) is -2.00. The Morgan fingerprint density at radius 1 is 1.40 bits per heavy atom. The topological polar surface area (TPSA) is 64.4 Å². The van der Waals surface area contributed by atoms with Crippen molar-refractivity contribution < 1.29 is 18.3 Å². The van der Waals surface area contributed by atoms with Crippen LogP contribution in [0.4, 0.5) is 14.5 Å². The third-order valence-electron chi connectivity index (χ3n) is 3.26. The van der Waals surface area contributed by atoms with Crippen LogP contribution in [0.5, 0.6) is 0 Å². The van der Waals surface area contributed by atoms with Gasteiger partial charge in [-0.1, -0.05) is 0 Å². The number of carbonyl (C=O) groups is 1. The van der Waals surface area contributed by atoms with Crippen LogP contribution >= 0.6 is 11.9 Å². The van der Waals surface area contributed by atoms with Gasteiger partial charge in [-0.25, -0.2) is 8.78 Å².